The highest BCUT2D eigenvalue weighted by molar-refractivity contribution is 5.60. The first-order valence-corrected chi connectivity index (χ1v) is 4.08. The van der Waals surface area contributed by atoms with Crippen molar-refractivity contribution in [2.75, 3.05) is 7.05 Å². The molecule has 0 aliphatic rings. The lowest BCUT2D eigenvalue weighted by atomic mass is 10.3. The van der Waals surface area contributed by atoms with E-state index in [0.717, 1.165) is 5.70 Å². The van der Waals surface area contributed by atoms with Gasteiger partial charge in [-0.05, 0) is 19.1 Å². The van der Waals surface area contributed by atoms with Crippen molar-refractivity contribution in [2.45, 2.75) is 6.92 Å². The minimum Gasteiger partial charge on any atom is -0.309 e. The van der Waals surface area contributed by atoms with Crippen molar-refractivity contribution in [3.05, 3.63) is 49.4 Å². The monoisotopic (exact) mass is 176 g/mol. The number of allylic oxidation sites excluding steroid dienone is 4. The van der Waals surface area contributed by atoms with E-state index in [2.05, 4.69) is 18.2 Å². The minimum atomic E-state index is 0.984. The van der Waals surface area contributed by atoms with E-state index in [4.69, 9.17) is 0 Å². The molecule has 0 spiro atoms. The molecule has 0 unspecified atom stereocenters. The first kappa shape index (κ1) is 11.4. The summed E-state index contributed by atoms with van der Waals surface area (Å²) >= 11 is 0. The van der Waals surface area contributed by atoms with Crippen molar-refractivity contribution in [2.24, 2.45) is 4.99 Å². The standard InChI is InChI=1S/C11H16N2/c1-5-8-11(9-6-2)13(7-3)10-12-4/h5-10H,1,3H2,2,4H3/b9-6-,11-8+,12-10?. The van der Waals surface area contributed by atoms with Crippen LogP contribution in [0.2, 0.25) is 0 Å². The topological polar surface area (TPSA) is 15.6 Å². The molecule has 0 aromatic carbocycles. The van der Waals surface area contributed by atoms with Gasteiger partial charge in [-0.1, -0.05) is 25.3 Å². The van der Waals surface area contributed by atoms with Crippen LogP contribution in [0.3, 0.4) is 0 Å². The Labute approximate surface area is 80.3 Å². The maximum Gasteiger partial charge on any atom is 0.0931 e. The van der Waals surface area contributed by atoms with Gasteiger partial charge in [0.15, 0.2) is 0 Å². The van der Waals surface area contributed by atoms with Gasteiger partial charge >= 0.3 is 0 Å². The van der Waals surface area contributed by atoms with Crippen molar-refractivity contribution in [1.29, 1.82) is 0 Å². The van der Waals surface area contributed by atoms with Crippen molar-refractivity contribution in [1.82, 2.24) is 4.90 Å². The Hall–Kier alpha value is -1.57. The fourth-order valence-corrected chi connectivity index (χ4v) is 0.863. The minimum absolute atomic E-state index is 0.984. The summed E-state index contributed by atoms with van der Waals surface area (Å²) in [6.07, 6.45) is 10.9. The molecule has 0 N–H and O–H groups in total. The van der Waals surface area contributed by atoms with E-state index < -0.39 is 0 Å². The zero-order valence-corrected chi connectivity index (χ0v) is 8.27. The third kappa shape index (κ3) is 4.11. The smallest absolute Gasteiger partial charge is 0.0931 e. The SMILES string of the molecule is C=C/C=C(\C=C/C)N(C=C)C=NC. The van der Waals surface area contributed by atoms with Gasteiger partial charge in [0.1, 0.15) is 0 Å². The highest BCUT2D eigenvalue weighted by Crippen LogP contribution is 2.04. The van der Waals surface area contributed by atoms with Crippen molar-refractivity contribution >= 4 is 6.34 Å². The van der Waals surface area contributed by atoms with Crippen LogP contribution in [0.4, 0.5) is 0 Å². The first-order chi connectivity index (χ1) is 6.29. The third-order valence-electron chi connectivity index (χ3n) is 1.36. The molecule has 2 heteroatoms. The molecule has 0 saturated heterocycles. The highest BCUT2D eigenvalue weighted by atomic mass is 15.1. The molecule has 0 aromatic heterocycles. The zero-order chi connectivity index (χ0) is 10.1. The Morgan fingerprint density at radius 1 is 1.38 bits per heavy atom. The van der Waals surface area contributed by atoms with E-state index in [1.54, 1.807) is 25.7 Å². The second kappa shape index (κ2) is 7.10. The average molecular weight is 176 g/mol. The van der Waals surface area contributed by atoms with Gasteiger partial charge in [0.25, 0.3) is 0 Å². The molecule has 0 rings (SSSR count). The molecule has 0 fully saturated rings. The lowest BCUT2D eigenvalue weighted by Crippen LogP contribution is -2.12. The van der Waals surface area contributed by atoms with Gasteiger partial charge in [0.2, 0.25) is 0 Å². The second-order valence-corrected chi connectivity index (χ2v) is 2.29. The van der Waals surface area contributed by atoms with Crippen molar-refractivity contribution < 1.29 is 0 Å². The van der Waals surface area contributed by atoms with E-state index in [1.165, 1.54) is 0 Å². The molecule has 70 valence electrons. The molecule has 0 atom stereocenters. The summed E-state index contributed by atoms with van der Waals surface area (Å²) in [4.78, 5) is 5.73. The normalized spacial score (nSPS) is 12.3. The molecule has 0 aromatic rings. The quantitative estimate of drug-likeness (QED) is 0.357. The van der Waals surface area contributed by atoms with E-state index >= 15 is 0 Å². The average Bonchev–Trinajstić information content (AvgIpc) is 2.14. The van der Waals surface area contributed by atoms with Crippen LogP contribution < -0.4 is 0 Å². The fourth-order valence-electron chi connectivity index (χ4n) is 0.863. The van der Waals surface area contributed by atoms with Crippen LogP contribution >= 0.6 is 0 Å². The molecule has 0 heterocycles. The van der Waals surface area contributed by atoms with Gasteiger partial charge < -0.3 is 4.90 Å². The predicted molar refractivity (Wildman–Crippen MR) is 59.5 cm³/mol. The Balaban J connectivity index is 4.78. The summed E-state index contributed by atoms with van der Waals surface area (Å²) in [7, 11) is 1.72. The van der Waals surface area contributed by atoms with Crippen LogP contribution in [-0.4, -0.2) is 18.3 Å². The van der Waals surface area contributed by atoms with E-state index in [1.807, 2.05) is 30.1 Å². The van der Waals surface area contributed by atoms with E-state index in [-0.39, 0.29) is 0 Å². The fraction of sp³-hybridized carbons (Fsp3) is 0.182. The maximum atomic E-state index is 3.91. The molecule has 2 nitrogen and oxygen atoms in total. The molecular formula is C11H16N2. The molecule has 13 heavy (non-hydrogen) atoms. The summed E-state index contributed by atoms with van der Waals surface area (Å²) in [5, 5.41) is 0. The Kier molecular flexibility index (Phi) is 6.24. The third-order valence-corrected chi connectivity index (χ3v) is 1.36. The van der Waals surface area contributed by atoms with Crippen LogP contribution in [0, 0.1) is 0 Å². The Bertz CT molecular complexity index is 247. The number of nitrogens with zero attached hydrogens (tertiary/aromatic N) is 2. The van der Waals surface area contributed by atoms with Crippen LogP contribution in [0.25, 0.3) is 0 Å². The summed E-state index contributed by atoms with van der Waals surface area (Å²) < 4.78 is 0. The summed E-state index contributed by atoms with van der Waals surface area (Å²) in [5.41, 5.74) is 0.984. The predicted octanol–water partition coefficient (Wildman–Crippen LogP) is 2.74. The van der Waals surface area contributed by atoms with Gasteiger partial charge in [0.05, 0.1) is 6.34 Å². The first-order valence-electron chi connectivity index (χ1n) is 4.08. The second-order valence-electron chi connectivity index (χ2n) is 2.29. The van der Waals surface area contributed by atoms with Crippen LogP contribution in [0.15, 0.2) is 54.4 Å². The zero-order valence-electron chi connectivity index (χ0n) is 8.27. The Morgan fingerprint density at radius 3 is 2.46 bits per heavy atom. The van der Waals surface area contributed by atoms with Crippen molar-refractivity contribution in [3.8, 4) is 0 Å². The maximum absolute atomic E-state index is 3.91. The molecule has 0 amide bonds. The summed E-state index contributed by atoms with van der Waals surface area (Å²) in [5.74, 6) is 0. The van der Waals surface area contributed by atoms with Crippen LogP contribution in [-0.2, 0) is 0 Å². The van der Waals surface area contributed by atoms with Gasteiger partial charge in [-0.25, -0.2) is 0 Å². The lowest BCUT2D eigenvalue weighted by Gasteiger charge is -2.14. The lowest BCUT2D eigenvalue weighted by molar-refractivity contribution is 0.736. The molecule has 0 bridgehead atoms. The van der Waals surface area contributed by atoms with Gasteiger partial charge in [-0.2, -0.15) is 0 Å². The number of aliphatic imine (C=N–C) groups is 1. The van der Waals surface area contributed by atoms with Gasteiger partial charge in [0, 0.05) is 18.9 Å². The summed E-state index contributed by atoms with van der Waals surface area (Å²) in [6, 6.07) is 0. The van der Waals surface area contributed by atoms with Gasteiger partial charge in [-0.3, -0.25) is 4.99 Å². The number of hydrogen-bond acceptors (Lipinski definition) is 1. The van der Waals surface area contributed by atoms with E-state index in [9.17, 15) is 0 Å². The highest BCUT2D eigenvalue weighted by Gasteiger charge is 1.96. The molecule has 0 aliphatic heterocycles. The molecule has 0 saturated carbocycles. The largest absolute Gasteiger partial charge is 0.309 e. The number of hydrogen-bond donors (Lipinski definition) is 0. The van der Waals surface area contributed by atoms with Crippen LogP contribution in [0.5, 0.6) is 0 Å². The van der Waals surface area contributed by atoms with Crippen molar-refractivity contribution in [3.63, 3.8) is 0 Å². The molecule has 0 aliphatic carbocycles. The van der Waals surface area contributed by atoms with E-state index in [0.29, 0.717) is 0 Å². The molecular weight excluding hydrogens is 160 g/mol. The van der Waals surface area contributed by atoms with Crippen LogP contribution in [0.1, 0.15) is 6.92 Å². The Morgan fingerprint density at radius 2 is 2.08 bits per heavy atom. The molecule has 0 radical (unpaired) electrons. The summed E-state index contributed by atoms with van der Waals surface area (Å²) in [6.45, 7) is 9.29. The number of rotatable bonds is 5. The van der Waals surface area contributed by atoms with Gasteiger partial charge in [-0.15, -0.1) is 0 Å².